The van der Waals surface area contributed by atoms with Crippen molar-refractivity contribution in [3.05, 3.63) is 29.3 Å². The summed E-state index contributed by atoms with van der Waals surface area (Å²) in [6, 6.07) is 4.80. The van der Waals surface area contributed by atoms with E-state index in [1.165, 1.54) is 18.9 Å². The van der Waals surface area contributed by atoms with E-state index in [4.69, 9.17) is 9.84 Å². The lowest BCUT2D eigenvalue weighted by Crippen LogP contribution is -2.30. The van der Waals surface area contributed by atoms with E-state index in [9.17, 15) is 9.59 Å². The normalized spacial score (nSPS) is 17.5. The average Bonchev–Trinajstić information content (AvgIpc) is 2.55. The third kappa shape index (κ3) is 5.66. The predicted molar refractivity (Wildman–Crippen MR) is 94.9 cm³/mol. The largest absolute Gasteiger partial charge is 0.496 e. The zero-order valence-corrected chi connectivity index (χ0v) is 14.7. The van der Waals surface area contributed by atoms with Crippen molar-refractivity contribution >= 4 is 35.4 Å². The average molecular weight is 355 g/mol. The van der Waals surface area contributed by atoms with Gasteiger partial charge in [0.1, 0.15) is 5.75 Å². The number of hydrogen-bond acceptors (Lipinski definition) is 5. The molecule has 0 bridgehead atoms. The van der Waals surface area contributed by atoms with Crippen LogP contribution in [-0.2, 0) is 11.2 Å². The van der Waals surface area contributed by atoms with Gasteiger partial charge in [0.2, 0.25) is 5.91 Å². The Morgan fingerprint density at radius 1 is 1.39 bits per heavy atom. The van der Waals surface area contributed by atoms with Gasteiger partial charge in [-0.1, -0.05) is 6.07 Å². The van der Waals surface area contributed by atoms with Crippen LogP contribution in [0, 0.1) is 0 Å². The van der Waals surface area contributed by atoms with Crippen LogP contribution in [0.1, 0.15) is 22.3 Å². The van der Waals surface area contributed by atoms with Crippen molar-refractivity contribution in [2.75, 3.05) is 30.9 Å². The van der Waals surface area contributed by atoms with Gasteiger partial charge in [0.15, 0.2) is 0 Å². The van der Waals surface area contributed by atoms with Crippen LogP contribution in [0.4, 0.5) is 0 Å². The molecule has 1 fully saturated rings. The van der Waals surface area contributed by atoms with E-state index in [1.54, 1.807) is 12.1 Å². The molecular formula is C16H21NO4S2. The molecule has 1 aromatic rings. The SMILES string of the molecule is COc1cc(C(=O)O)ccc1CCNC(=O)CC1CSCCS1. The third-order valence-corrected chi connectivity index (χ3v) is 6.39. The zero-order valence-electron chi connectivity index (χ0n) is 13.0. The first kappa shape index (κ1) is 18.0. The van der Waals surface area contributed by atoms with Gasteiger partial charge in [0, 0.05) is 35.5 Å². The Bertz CT molecular complexity index is 559. The van der Waals surface area contributed by atoms with E-state index < -0.39 is 5.97 Å². The molecule has 1 aliphatic rings. The lowest BCUT2D eigenvalue weighted by molar-refractivity contribution is -0.120. The lowest BCUT2D eigenvalue weighted by atomic mass is 10.1. The molecule has 1 saturated heterocycles. The highest BCUT2D eigenvalue weighted by Gasteiger charge is 2.17. The maximum Gasteiger partial charge on any atom is 0.335 e. The Labute approximate surface area is 144 Å². The van der Waals surface area contributed by atoms with Crippen LogP contribution in [0.3, 0.4) is 0 Å². The van der Waals surface area contributed by atoms with Gasteiger partial charge in [-0.25, -0.2) is 4.79 Å². The maximum atomic E-state index is 12.0. The molecule has 1 amide bonds. The highest BCUT2D eigenvalue weighted by molar-refractivity contribution is 8.06. The fourth-order valence-electron chi connectivity index (χ4n) is 2.35. The van der Waals surface area contributed by atoms with Gasteiger partial charge < -0.3 is 15.2 Å². The first-order valence-corrected chi connectivity index (χ1v) is 9.66. The summed E-state index contributed by atoms with van der Waals surface area (Å²) in [6.45, 7) is 0.520. The summed E-state index contributed by atoms with van der Waals surface area (Å²) < 4.78 is 5.23. The number of rotatable bonds is 7. The van der Waals surface area contributed by atoms with Gasteiger partial charge >= 0.3 is 5.97 Å². The summed E-state index contributed by atoms with van der Waals surface area (Å²) in [5, 5.41) is 12.3. The number of methoxy groups -OCH3 is 1. The standard InChI is InChI=1S/C16H21NO4S2/c1-21-14-8-12(16(19)20)3-2-11(14)4-5-17-15(18)9-13-10-22-6-7-23-13/h2-3,8,13H,4-7,9-10H2,1H3,(H,17,18)(H,19,20). The summed E-state index contributed by atoms with van der Waals surface area (Å²) in [5.74, 6) is 2.98. The second-order valence-electron chi connectivity index (χ2n) is 5.20. The molecule has 2 rings (SSSR count). The van der Waals surface area contributed by atoms with Crippen molar-refractivity contribution in [3.8, 4) is 5.75 Å². The molecule has 5 nitrogen and oxygen atoms in total. The Morgan fingerprint density at radius 2 is 2.22 bits per heavy atom. The summed E-state index contributed by atoms with van der Waals surface area (Å²) in [4.78, 5) is 22.9. The van der Waals surface area contributed by atoms with Crippen LogP contribution in [0.25, 0.3) is 0 Å². The lowest BCUT2D eigenvalue weighted by Gasteiger charge is -2.20. The monoisotopic (exact) mass is 355 g/mol. The van der Waals surface area contributed by atoms with E-state index in [-0.39, 0.29) is 11.5 Å². The molecule has 1 unspecified atom stereocenters. The number of benzene rings is 1. The number of ether oxygens (including phenoxy) is 1. The topological polar surface area (TPSA) is 75.6 Å². The number of carbonyl (C=O) groups is 2. The van der Waals surface area contributed by atoms with Crippen molar-refractivity contribution in [2.24, 2.45) is 0 Å². The maximum absolute atomic E-state index is 12.0. The predicted octanol–water partition coefficient (Wildman–Crippen LogP) is 2.29. The molecule has 0 aromatic heterocycles. The number of carboxylic acid groups (broad SMARTS) is 1. The quantitative estimate of drug-likeness (QED) is 0.782. The molecule has 1 aliphatic heterocycles. The molecule has 0 saturated carbocycles. The fourth-order valence-corrected chi connectivity index (χ4v) is 5.03. The van der Waals surface area contributed by atoms with Crippen LogP contribution in [-0.4, -0.2) is 53.1 Å². The highest BCUT2D eigenvalue weighted by atomic mass is 32.2. The molecule has 2 N–H and O–H groups in total. The van der Waals surface area contributed by atoms with Crippen molar-refractivity contribution in [3.63, 3.8) is 0 Å². The third-order valence-electron chi connectivity index (χ3n) is 3.55. The minimum absolute atomic E-state index is 0.0751. The molecule has 23 heavy (non-hydrogen) atoms. The van der Waals surface area contributed by atoms with Crippen LogP contribution < -0.4 is 10.1 Å². The summed E-state index contributed by atoms with van der Waals surface area (Å²) >= 11 is 3.78. The Morgan fingerprint density at radius 3 is 2.87 bits per heavy atom. The van der Waals surface area contributed by atoms with Crippen molar-refractivity contribution in [1.29, 1.82) is 0 Å². The van der Waals surface area contributed by atoms with Gasteiger partial charge in [-0.3, -0.25) is 4.79 Å². The van der Waals surface area contributed by atoms with Crippen molar-refractivity contribution < 1.29 is 19.4 Å². The molecule has 126 valence electrons. The Balaban J connectivity index is 1.81. The van der Waals surface area contributed by atoms with Gasteiger partial charge in [-0.05, 0) is 24.1 Å². The van der Waals surface area contributed by atoms with Crippen molar-refractivity contribution in [1.82, 2.24) is 5.32 Å². The number of amides is 1. The highest BCUT2D eigenvalue weighted by Crippen LogP contribution is 2.26. The van der Waals surface area contributed by atoms with Gasteiger partial charge in [0.05, 0.1) is 12.7 Å². The van der Waals surface area contributed by atoms with E-state index in [0.29, 0.717) is 30.4 Å². The number of carbonyl (C=O) groups excluding carboxylic acids is 1. The van der Waals surface area contributed by atoms with Crippen molar-refractivity contribution in [2.45, 2.75) is 18.1 Å². The molecule has 0 radical (unpaired) electrons. The number of aromatic carboxylic acids is 1. The second kappa shape index (κ2) is 9.08. The Kier molecular flexibility index (Phi) is 7.11. The Hall–Kier alpha value is -1.34. The number of nitrogens with one attached hydrogen (secondary N) is 1. The number of hydrogen-bond donors (Lipinski definition) is 2. The molecular weight excluding hydrogens is 334 g/mol. The van der Waals surface area contributed by atoms with E-state index in [1.807, 2.05) is 23.5 Å². The molecule has 1 atom stereocenters. The zero-order chi connectivity index (χ0) is 16.7. The molecule has 7 heteroatoms. The molecule has 0 spiro atoms. The van der Waals surface area contributed by atoms with Crippen LogP contribution in [0.2, 0.25) is 0 Å². The number of thioether (sulfide) groups is 2. The molecule has 1 aromatic carbocycles. The van der Waals surface area contributed by atoms with Gasteiger partial charge in [-0.2, -0.15) is 23.5 Å². The van der Waals surface area contributed by atoms with Crippen LogP contribution in [0.15, 0.2) is 18.2 Å². The first-order chi connectivity index (χ1) is 11.1. The van der Waals surface area contributed by atoms with E-state index >= 15 is 0 Å². The summed E-state index contributed by atoms with van der Waals surface area (Å²) in [6.07, 6.45) is 1.17. The van der Waals surface area contributed by atoms with Gasteiger partial charge in [-0.15, -0.1) is 0 Å². The minimum atomic E-state index is -0.981. The molecule has 1 heterocycles. The van der Waals surface area contributed by atoms with Gasteiger partial charge in [0.25, 0.3) is 0 Å². The van der Waals surface area contributed by atoms with Crippen LogP contribution >= 0.6 is 23.5 Å². The van der Waals surface area contributed by atoms with E-state index in [2.05, 4.69) is 5.32 Å². The molecule has 0 aliphatic carbocycles. The van der Waals surface area contributed by atoms with E-state index in [0.717, 1.165) is 17.1 Å². The second-order valence-corrected chi connectivity index (χ2v) is 7.76. The first-order valence-electron chi connectivity index (χ1n) is 7.46. The summed E-state index contributed by atoms with van der Waals surface area (Å²) in [5.41, 5.74) is 1.09. The number of carboxylic acids is 1. The fraction of sp³-hybridized carbons (Fsp3) is 0.500. The van der Waals surface area contributed by atoms with Crippen LogP contribution in [0.5, 0.6) is 5.75 Å². The minimum Gasteiger partial charge on any atom is -0.496 e. The smallest absolute Gasteiger partial charge is 0.335 e. The summed E-state index contributed by atoms with van der Waals surface area (Å²) in [7, 11) is 1.51.